The number of carbonyl (C=O) groups excluding carboxylic acids is 1. The molecule has 4 heteroatoms. The molecule has 0 aliphatic carbocycles. The van der Waals surface area contributed by atoms with Gasteiger partial charge in [-0.3, -0.25) is 9.69 Å². The number of ketones is 1. The van der Waals surface area contributed by atoms with E-state index in [0.29, 0.717) is 24.4 Å². The molecule has 0 atom stereocenters. The maximum atomic E-state index is 11.3. The van der Waals surface area contributed by atoms with E-state index < -0.39 is 0 Å². The molecule has 0 saturated carbocycles. The third kappa shape index (κ3) is 2.65. The van der Waals surface area contributed by atoms with Crippen molar-refractivity contribution in [2.75, 3.05) is 13.1 Å². The first-order valence-electron chi connectivity index (χ1n) is 5.37. The Morgan fingerprint density at radius 1 is 1.56 bits per heavy atom. The van der Waals surface area contributed by atoms with Gasteiger partial charge in [0.25, 0.3) is 0 Å². The van der Waals surface area contributed by atoms with Crippen molar-refractivity contribution in [2.45, 2.75) is 19.4 Å². The Labute approximate surface area is 94.5 Å². The van der Waals surface area contributed by atoms with Gasteiger partial charge in [-0.1, -0.05) is 0 Å². The van der Waals surface area contributed by atoms with Gasteiger partial charge in [-0.25, -0.2) is 4.98 Å². The summed E-state index contributed by atoms with van der Waals surface area (Å²) in [6, 6.07) is 5.68. The van der Waals surface area contributed by atoms with Gasteiger partial charge in [0.2, 0.25) is 0 Å². The molecule has 82 valence electrons. The van der Waals surface area contributed by atoms with Crippen molar-refractivity contribution in [1.29, 1.82) is 5.26 Å². The van der Waals surface area contributed by atoms with E-state index in [-0.39, 0.29) is 0 Å². The molecule has 0 spiro atoms. The lowest BCUT2D eigenvalue weighted by Crippen LogP contribution is -2.34. The van der Waals surface area contributed by atoms with Crippen molar-refractivity contribution in [1.82, 2.24) is 9.88 Å². The van der Waals surface area contributed by atoms with E-state index in [2.05, 4.69) is 9.88 Å². The predicted octanol–water partition coefficient (Wildman–Crippen LogP) is 1.12. The maximum absolute atomic E-state index is 11.3. The van der Waals surface area contributed by atoms with Crippen LogP contribution in [0.3, 0.4) is 0 Å². The average molecular weight is 215 g/mol. The smallest absolute Gasteiger partial charge is 0.146 e. The zero-order valence-corrected chi connectivity index (χ0v) is 9.02. The van der Waals surface area contributed by atoms with Crippen molar-refractivity contribution in [3.8, 4) is 6.07 Å². The number of rotatable bonds is 2. The molecule has 0 N–H and O–H groups in total. The third-order valence-electron chi connectivity index (χ3n) is 2.67. The molecule has 0 bridgehead atoms. The lowest BCUT2D eigenvalue weighted by molar-refractivity contribution is -0.122. The topological polar surface area (TPSA) is 57.0 Å². The molecule has 1 aromatic rings. The SMILES string of the molecule is N#Cc1cc(CN2CCCC(=O)C2)ccn1. The average Bonchev–Trinajstić information content (AvgIpc) is 2.29. The number of piperidine rings is 1. The number of aromatic nitrogens is 1. The molecule has 1 aromatic heterocycles. The number of carbonyl (C=O) groups is 1. The van der Waals surface area contributed by atoms with Crippen molar-refractivity contribution in [3.63, 3.8) is 0 Å². The molecule has 1 saturated heterocycles. The lowest BCUT2D eigenvalue weighted by Gasteiger charge is -2.25. The second kappa shape index (κ2) is 4.86. The van der Waals surface area contributed by atoms with Crippen LogP contribution in [0.4, 0.5) is 0 Å². The Kier molecular flexibility index (Phi) is 3.28. The van der Waals surface area contributed by atoms with E-state index in [1.807, 2.05) is 12.1 Å². The van der Waals surface area contributed by atoms with Crippen LogP contribution in [0.15, 0.2) is 18.3 Å². The van der Waals surface area contributed by atoms with E-state index in [4.69, 9.17) is 5.26 Å². The minimum Gasteiger partial charge on any atom is -0.298 e. The van der Waals surface area contributed by atoms with Gasteiger partial charge in [0, 0.05) is 19.2 Å². The molecular formula is C12H13N3O. The highest BCUT2D eigenvalue weighted by molar-refractivity contribution is 5.81. The standard InChI is InChI=1S/C12H13N3O/c13-7-11-6-10(3-4-14-11)8-15-5-1-2-12(16)9-15/h3-4,6H,1-2,5,8-9H2. The summed E-state index contributed by atoms with van der Waals surface area (Å²) in [5.41, 5.74) is 1.47. The number of hydrogen-bond acceptors (Lipinski definition) is 4. The summed E-state index contributed by atoms with van der Waals surface area (Å²) in [6.45, 7) is 2.21. The monoisotopic (exact) mass is 215 g/mol. The number of hydrogen-bond donors (Lipinski definition) is 0. The number of nitriles is 1. The van der Waals surface area contributed by atoms with Gasteiger partial charge in [-0.05, 0) is 30.7 Å². The second-order valence-corrected chi connectivity index (χ2v) is 4.01. The quantitative estimate of drug-likeness (QED) is 0.741. The number of nitrogens with zero attached hydrogens (tertiary/aromatic N) is 3. The summed E-state index contributed by atoms with van der Waals surface area (Å²) in [6.07, 6.45) is 3.28. The Balaban J connectivity index is 2.03. The zero-order valence-electron chi connectivity index (χ0n) is 9.02. The molecule has 1 aliphatic heterocycles. The molecule has 0 amide bonds. The van der Waals surface area contributed by atoms with Crippen LogP contribution in [0, 0.1) is 11.3 Å². The Morgan fingerprint density at radius 2 is 2.44 bits per heavy atom. The summed E-state index contributed by atoms with van der Waals surface area (Å²) in [4.78, 5) is 17.3. The minimum absolute atomic E-state index is 0.306. The molecule has 2 rings (SSSR count). The van der Waals surface area contributed by atoms with Gasteiger partial charge >= 0.3 is 0 Å². The summed E-state index contributed by atoms with van der Waals surface area (Å²) in [5.74, 6) is 0.306. The molecule has 0 unspecified atom stereocenters. The van der Waals surface area contributed by atoms with Crippen LogP contribution in [-0.2, 0) is 11.3 Å². The first-order chi connectivity index (χ1) is 7.78. The van der Waals surface area contributed by atoms with Gasteiger partial charge in [0.1, 0.15) is 17.5 Å². The fourth-order valence-corrected chi connectivity index (χ4v) is 1.93. The van der Waals surface area contributed by atoms with E-state index in [0.717, 1.165) is 25.1 Å². The van der Waals surface area contributed by atoms with E-state index in [1.54, 1.807) is 12.3 Å². The van der Waals surface area contributed by atoms with Crippen LogP contribution in [0.1, 0.15) is 24.1 Å². The highest BCUT2D eigenvalue weighted by atomic mass is 16.1. The van der Waals surface area contributed by atoms with E-state index >= 15 is 0 Å². The molecule has 4 nitrogen and oxygen atoms in total. The highest BCUT2D eigenvalue weighted by Gasteiger charge is 2.16. The molecule has 1 aliphatic rings. The van der Waals surface area contributed by atoms with Crippen molar-refractivity contribution in [2.24, 2.45) is 0 Å². The van der Waals surface area contributed by atoms with E-state index in [1.165, 1.54) is 0 Å². The fourth-order valence-electron chi connectivity index (χ4n) is 1.93. The normalized spacial score (nSPS) is 17.1. The highest BCUT2D eigenvalue weighted by Crippen LogP contribution is 2.11. The minimum atomic E-state index is 0.306. The number of pyridine rings is 1. The molecule has 1 fully saturated rings. The van der Waals surface area contributed by atoms with Crippen molar-refractivity contribution in [3.05, 3.63) is 29.6 Å². The van der Waals surface area contributed by atoms with E-state index in [9.17, 15) is 4.79 Å². The maximum Gasteiger partial charge on any atom is 0.146 e. The summed E-state index contributed by atoms with van der Waals surface area (Å²) in [7, 11) is 0. The fraction of sp³-hybridized carbons (Fsp3) is 0.417. The number of Topliss-reactive ketones (excluding diaryl/α,β-unsaturated/α-hetero) is 1. The van der Waals surface area contributed by atoms with Gasteiger partial charge in [0.05, 0.1) is 6.54 Å². The number of likely N-dealkylation sites (tertiary alicyclic amines) is 1. The largest absolute Gasteiger partial charge is 0.298 e. The van der Waals surface area contributed by atoms with Crippen molar-refractivity contribution < 1.29 is 4.79 Å². The lowest BCUT2D eigenvalue weighted by atomic mass is 10.1. The Bertz CT molecular complexity index is 436. The molecule has 16 heavy (non-hydrogen) atoms. The van der Waals surface area contributed by atoms with Crippen LogP contribution in [-0.4, -0.2) is 28.8 Å². The van der Waals surface area contributed by atoms with Crippen LogP contribution >= 0.6 is 0 Å². The molecule has 2 heterocycles. The van der Waals surface area contributed by atoms with Gasteiger partial charge < -0.3 is 0 Å². The third-order valence-corrected chi connectivity index (χ3v) is 2.67. The molecule has 0 aromatic carbocycles. The van der Waals surface area contributed by atoms with Gasteiger partial charge in [-0.15, -0.1) is 0 Å². The first kappa shape index (κ1) is 10.8. The second-order valence-electron chi connectivity index (χ2n) is 4.01. The summed E-state index contributed by atoms with van der Waals surface area (Å²) < 4.78 is 0. The van der Waals surface area contributed by atoms with Crippen LogP contribution in [0.5, 0.6) is 0 Å². The summed E-state index contributed by atoms with van der Waals surface area (Å²) >= 11 is 0. The van der Waals surface area contributed by atoms with Gasteiger partial charge in [-0.2, -0.15) is 5.26 Å². The summed E-state index contributed by atoms with van der Waals surface area (Å²) in [5, 5.41) is 8.73. The predicted molar refractivity (Wildman–Crippen MR) is 58.5 cm³/mol. The Morgan fingerprint density at radius 3 is 3.19 bits per heavy atom. The van der Waals surface area contributed by atoms with Gasteiger partial charge in [0.15, 0.2) is 0 Å². The molecular weight excluding hydrogens is 202 g/mol. The van der Waals surface area contributed by atoms with Crippen molar-refractivity contribution >= 4 is 5.78 Å². The Hall–Kier alpha value is -1.73. The zero-order chi connectivity index (χ0) is 11.4. The van der Waals surface area contributed by atoms with Crippen LogP contribution in [0.25, 0.3) is 0 Å². The molecule has 0 radical (unpaired) electrons. The first-order valence-corrected chi connectivity index (χ1v) is 5.37. The van der Waals surface area contributed by atoms with Crippen LogP contribution < -0.4 is 0 Å². The van der Waals surface area contributed by atoms with Crippen LogP contribution in [0.2, 0.25) is 0 Å².